The number of halogens is 3. The highest BCUT2D eigenvalue weighted by Gasteiger charge is 2.30. The van der Waals surface area contributed by atoms with Crippen LogP contribution in [0.15, 0.2) is 61.1 Å². The van der Waals surface area contributed by atoms with Gasteiger partial charge < -0.3 is 5.32 Å². The number of rotatable bonds is 3. The lowest BCUT2D eigenvalue weighted by Gasteiger charge is -2.08. The van der Waals surface area contributed by atoms with Crippen LogP contribution in [0.1, 0.15) is 21.6 Å². The fourth-order valence-electron chi connectivity index (χ4n) is 2.88. The Morgan fingerprint density at radius 3 is 2.55 bits per heavy atom. The van der Waals surface area contributed by atoms with E-state index in [1.165, 1.54) is 16.9 Å². The molecule has 0 fully saturated rings. The molecule has 1 aromatic carbocycles. The number of pyridine rings is 2. The number of para-hydroxylation sites is 1. The minimum Gasteiger partial charge on any atom is -0.320 e. The van der Waals surface area contributed by atoms with E-state index in [4.69, 9.17) is 0 Å². The number of hydrogen-bond acceptors (Lipinski definition) is 4. The number of fused-ring (bicyclic) bond motifs is 1. The summed E-state index contributed by atoms with van der Waals surface area (Å²) in [5.41, 5.74) is 1.20. The van der Waals surface area contributed by atoms with Crippen molar-refractivity contribution in [2.75, 3.05) is 5.32 Å². The molecule has 0 aliphatic heterocycles. The van der Waals surface area contributed by atoms with Crippen LogP contribution in [0.2, 0.25) is 0 Å². The minimum absolute atomic E-state index is 0.182. The van der Waals surface area contributed by atoms with Gasteiger partial charge in [-0.2, -0.15) is 18.3 Å². The predicted molar refractivity (Wildman–Crippen MR) is 101 cm³/mol. The molecule has 0 radical (unpaired) electrons. The summed E-state index contributed by atoms with van der Waals surface area (Å²) in [4.78, 5) is 20.7. The SMILES string of the molecule is Cc1c(C(=O)Nc2cnc3ccccc3c2)cnn1-c1ccc(C(F)(F)F)cn1. The third kappa shape index (κ3) is 3.66. The van der Waals surface area contributed by atoms with Crippen LogP contribution in [0, 0.1) is 6.92 Å². The van der Waals surface area contributed by atoms with Crippen LogP contribution in [0.4, 0.5) is 18.9 Å². The zero-order valence-corrected chi connectivity index (χ0v) is 15.1. The zero-order valence-electron chi connectivity index (χ0n) is 15.1. The average Bonchev–Trinajstić information content (AvgIpc) is 3.09. The first-order chi connectivity index (χ1) is 13.8. The first-order valence-electron chi connectivity index (χ1n) is 8.57. The largest absolute Gasteiger partial charge is 0.417 e. The molecule has 1 amide bonds. The molecule has 0 aliphatic carbocycles. The van der Waals surface area contributed by atoms with E-state index in [9.17, 15) is 18.0 Å². The van der Waals surface area contributed by atoms with Gasteiger partial charge in [-0.3, -0.25) is 9.78 Å². The first-order valence-corrected chi connectivity index (χ1v) is 8.57. The summed E-state index contributed by atoms with van der Waals surface area (Å²) in [5, 5.41) is 7.73. The van der Waals surface area contributed by atoms with Gasteiger partial charge in [0.2, 0.25) is 0 Å². The molecule has 0 unspecified atom stereocenters. The maximum atomic E-state index is 12.7. The fraction of sp³-hybridized carbons (Fsp3) is 0.100. The molecule has 0 atom stereocenters. The highest BCUT2D eigenvalue weighted by atomic mass is 19.4. The van der Waals surface area contributed by atoms with E-state index in [0.29, 0.717) is 11.4 Å². The number of nitrogens with zero attached hydrogens (tertiary/aromatic N) is 4. The van der Waals surface area contributed by atoms with E-state index in [2.05, 4.69) is 20.4 Å². The quantitative estimate of drug-likeness (QED) is 0.556. The summed E-state index contributed by atoms with van der Waals surface area (Å²) in [6, 6.07) is 11.4. The van der Waals surface area contributed by atoms with E-state index in [-0.39, 0.29) is 11.4 Å². The van der Waals surface area contributed by atoms with Crippen molar-refractivity contribution in [2.24, 2.45) is 0 Å². The van der Waals surface area contributed by atoms with E-state index in [1.54, 1.807) is 19.2 Å². The number of benzene rings is 1. The van der Waals surface area contributed by atoms with Crippen molar-refractivity contribution >= 4 is 22.5 Å². The number of carbonyl (C=O) groups is 1. The molecule has 0 saturated carbocycles. The molecule has 6 nitrogen and oxygen atoms in total. The van der Waals surface area contributed by atoms with Crippen molar-refractivity contribution < 1.29 is 18.0 Å². The second kappa shape index (κ2) is 7.01. The van der Waals surface area contributed by atoms with Crippen LogP contribution in [-0.2, 0) is 6.18 Å². The van der Waals surface area contributed by atoms with E-state index >= 15 is 0 Å². The lowest BCUT2D eigenvalue weighted by molar-refractivity contribution is -0.137. The predicted octanol–water partition coefficient (Wildman–Crippen LogP) is 4.40. The third-order valence-corrected chi connectivity index (χ3v) is 4.39. The van der Waals surface area contributed by atoms with Gasteiger partial charge in [-0.25, -0.2) is 9.67 Å². The Hall–Kier alpha value is -3.75. The lowest BCUT2D eigenvalue weighted by Crippen LogP contribution is -2.13. The molecular formula is C20H14F3N5O. The van der Waals surface area contributed by atoms with Crippen LogP contribution in [0.25, 0.3) is 16.7 Å². The molecule has 0 aliphatic rings. The fourth-order valence-corrected chi connectivity index (χ4v) is 2.88. The van der Waals surface area contributed by atoms with Crippen LogP contribution in [0.5, 0.6) is 0 Å². The molecule has 29 heavy (non-hydrogen) atoms. The van der Waals surface area contributed by atoms with Gasteiger partial charge in [0.05, 0.1) is 40.4 Å². The van der Waals surface area contributed by atoms with Crippen LogP contribution in [0.3, 0.4) is 0 Å². The van der Waals surface area contributed by atoms with E-state index < -0.39 is 17.6 Å². The van der Waals surface area contributed by atoms with Crippen LogP contribution >= 0.6 is 0 Å². The number of hydrogen-bond donors (Lipinski definition) is 1. The minimum atomic E-state index is -4.47. The maximum absolute atomic E-state index is 12.7. The second-order valence-electron chi connectivity index (χ2n) is 6.33. The number of anilines is 1. The highest BCUT2D eigenvalue weighted by Crippen LogP contribution is 2.29. The smallest absolute Gasteiger partial charge is 0.320 e. The number of carbonyl (C=O) groups excluding carboxylic acids is 1. The summed E-state index contributed by atoms with van der Waals surface area (Å²) < 4.78 is 39.4. The Labute approximate surface area is 163 Å². The Morgan fingerprint density at radius 1 is 1.03 bits per heavy atom. The Bertz CT molecular complexity index is 1200. The van der Waals surface area contributed by atoms with Gasteiger partial charge in [0.1, 0.15) is 0 Å². The van der Waals surface area contributed by atoms with Gasteiger partial charge in [-0.05, 0) is 31.2 Å². The average molecular weight is 397 g/mol. The Morgan fingerprint density at radius 2 is 1.83 bits per heavy atom. The summed E-state index contributed by atoms with van der Waals surface area (Å²) in [7, 11) is 0. The van der Waals surface area contributed by atoms with Crippen molar-refractivity contribution in [3.63, 3.8) is 0 Å². The normalized spacial score (nSPS) is 11.6. The molecule has 9 heteroatoms. The summed E-state index contributed by atoms with van der Waals surface area (Å²) in [6.45, 7) is 1.64. The standard InChI is InChI=1S/C20H14F3N5O/c1-12-16(11-26-28(12)18-7-6-14(9-25-18)20(21,22)23)19(29)27-15-8-13-4-2-3-5-17(13)24-10-15/h2-11H,1H3,(H,27,29). The maximum Gasteiger partial charge on any atom is 0.417 e. The molecule has 0 spiro atoms. The lowest BCUT2D eigenvalue weighted by atomic mass is 10.2. The van der Waals surface area contributed by atoms with Gasteiger partial charge >= 0.3 is 6.18 Å². The summed E-state index contributed by atoms with van der Waals surface area (Å²) >= 11 is 0. The van der Waals surface area contributed by atoms with Gasteiger partial charge in [0.15, 0.2) is 5.82 Å². The third-order valence-electron chi connectivity index (χ3n) is 4.39. The van der Waals surface area contributed by atoms with E-state index in [0.717, 1.165) is 23.2 Å². The van der Waals surface area contributed by atoms with Crippen LogP contribution in [-0.4, -0.2) is 25.7 Å². The van der Waals surface area contributed by atoms with Gasteiger partial charge in [-0.15, -0.1) is 0 Å². The molecule has 0 saturated heterocycles. The van der Waals surface area contributed by atoms with Crippen molar-refractivity contribution in [2.45, 2.75) is 13.1 Å². The Balaban J connectivity index is 1.58. The molecule has 3 aromatic heterocycles. The molecule has 146 valence electrons. The molecule has 1 N–H and O–H groups in total. The zero-order chi connectivity index (χ0) is 20.6. The van der Waals surface area contributed by atoms with Crippen molar-refractivity contribution in [1.82, 2.24) is 19.7 Å². The monoisotopic (exact) mass is 397 g/mol. The topological polar surface area (TPSA) is 72.7 Å². The van der Waals surface area contributed by atoms with Crippen molar-refractivity contribution in [3.8, 4) is 5.82 Å². The van der Waals surface area contributed by atoms with Gasteiger partial charge in [0.25, 0.3) is 5.91 Å². The second-order valence-corrected chi connectivity index (χ2v) is 6.33. The van der Waals surface area contributed by atoms with Gasteiger partial charge in [0, 0.05) is 11.6 Å². The number of nitrogens with one attached hydrogen (secondary N) is 1. The van der Waals surface area contributed by atoms with Crippen molar-refractivity contribution in [3.05, 3.63) is 77.9 Å². The molecule has 4 rings (SSSR count). The number of aromatic nitrogens is 4. The van der Waals surface area contributed by atoms with Crippen LogP contribution < -0.4 is 5.32 Å². The first kappa shape index (κ1) is 18.6. The molecule has 0 bridgehead atoms. The number of amides is 1. The molecule has 4 aromatic rings. The number of alkyl halides is 3. The summed E-state index contributed by atoms with van der Waals surface area (Å²) in [6.07, 6.45) is -0.837. The van der Waals surface area contributed by atoms with Crippen molar-refractivity contribution in [1.29, 1.82) is 0 Å². The molecule has 3 heterocycles. The Kier molecular flexibility index (Phi) is 4.50. The molecular weight excluding hydrogens is 383 g/mol. The highest BCUT2D eigenvalue weighted by molar-refractivity contribution is 6.05. The summed E-state index contributed by atoms with van der Waals surface area (Å²) in [5.74, 6) is -0.223. The van der Waals surface area contributed by atoms with Gasteiger partial charge in [-0.1, -0.05) is 18.2 Å². The van der Waals surface area contributed by atoms with E-state index in [1.807, 2.05) is 24.3 Å².